The number of carbonyl (C=O) groups excluding carboxylic acids is 2. The quantitative estimate of drug-likeness (QED) is 0.342. The average molecular weight is 590 g/mol. The molecule has 2 amide bonds. The fraction of sp³-hybridized carbons (Fsp3) is 0.586. The Hall–Kier alpha value is -3.61. The summed E-state index contributed by atoms with van der Waals surface area (Å²) in [7, 11) is 3.50. The van der Waals surface area contributed by atoms with Gasteiger partial charge in [-0.1, -0.05) is 12.8 Å². The highest BCUT2D eigenvalue weighted by Crippen LogP contribution is 2.36. The topological polar surface area (TPSA) is 121 Å². The number of amides is 2. The summed E-state index contributed by atoms with van der Waals surface area (Å²) in [6, 6.07) is 4.21. The highest BCUT2D eigenvalue weighted by Gasteiger charge is 2.38. The van der Waals surface area contributed by atoms with Crippen LogP contribution in [0.1, 0.15) is 67.3 Å². The van der Waals surface area contributed by atoms with E-state index in [4.69, 9.17) is 4.74 Å². The molecule has 1 aromatic heterocycles. The van der Waals surface area contributed by atoms with E-state index in [1.807, 2.05) is 0 Å². The lowest BCUT2D eigenvalue weighted by Gasteiger charge is -2.33. The van der Waals surface area contributed by atoms with Crippen molar-refractivity contribution >= 4 is 29.3 Å². The zero-order valence-electron chi connectivity index (χ0n) is 23.9. The fourth-order valence-corrected chi connectivity index (χ4v) is 5.54. The second kappa shape index (κ2) is 12.7. The first-order chi connectivity index (χ1) is 20.1. The second-order valence-electron chi connectivity index (χ2n) is 11.5. The fourth-order valence-electron chi connectivity index (χ4n) is 5.54. The minimum atomic E-state index is -4.68. The number of anilines is 3. The van der Waals surface area contributed by atoms with E-state index in [9.17, 15) is 22.8 Å². The van der Waals surface area contributed by atoms with Gasteiger partial charge in [-0.2, -0.15) is 18.2 Å². The Labute approximate surface area is 243 Å². The van der Waals surface area contributed by atoms with Gasteiger partial charge >= 0.3 is 6.18 Å². The molecule has 13 heteroatoms. The van der Waals surface area contributed by atoms with E-state index in [1.165, 1.54) is 7.11 Å². The minimum absolute atomic E-state index is 0.00915. The Kier molecular flexibility index (Phi) is 9.05. The van der Waals surface area contributed by atoms with Gasteiger partial charge in [0.15, 0.2) is 0 Å². The van der Waals surface area contributed by atoms with Gasteiger partial charge in [-0.15, -0.1) is 0 Å². The highest BCUT2D eigenvalue weighted by molar-refractivity contribution is 5.95. The highest BCUT2D eigenvalue weighted by atomic mass is 19.4. The van der Waals surface area contributed by atoms with Crippen LogP contribution in [0.15, 0.2) is 24.4 Å². The number of carbonyl (C=O) groups is 2. The first kappa shape index (κ1) is 29.9. The molecular formula is C29H38F3N7O3. The van der Waals surface area contributed by atoms with Crippen molar-refractivity contribution < 1.29 is 27.5 Å². The van der Waals surface area contributed by atoms with Gasteiger partial charge in [-0.25, -0.2) is 4.98 Å². The van der Waals surface area contributed by atoms with Crippen molar-refractivity contribution in [3.8, 4) is 5.75 Å². The van der Waals surface area contributed by atoms with Gasteiger partial charge < -0.3 is 30.9 Å². The summed E-state index contributed by atoms with van der Waals surface area (Å²) in [5.74, 6) is -0.353. The molecule has 5 rings (SSSR count). The zero-order chi connectivity index (χ0) is 29.9. The molecule has 2 aromatic rings. The number of aromatic nitrogens is 2. The number of hydrogen-bond donors (Lipinski definition) is 4. The molecule has 0 radical (unpaired) electrons. The van der Waals surface area contributed by atoms with Gasteiger partial charge in [0.2, 0.25) is 11.9 Å². The number of benzene rings is 1. The Morgan fingerprint density at radius 1 is 1.00 bits per heavy atom. The van der Waals surface area contributed by atoms with Crippen molar-refractivity contribution in [2.24, 2.45) is 5.92 Å². The van der Waals surface area contributed by atoms with E-state index in [0.29, 0.717) is 29.8 Å². The molecular weight excluding hydrogens is 551 g/mol. The van der Waals surface area contributed by atoms with Gasteiger partial charge in [-0.3, -0.25) is 9.59 Å². The molecule has 2 heterocycles. The predicted molar refractivity (Wildman–Crippen MR) is 152 cm³/mol. The van der Waals surface area contributed by atoms with E-state index in [1.54, 1.807) is 18.2 Å². The van der Waals surface area contributed by atoms with E-state index in [0.717, 1.165) is 57.8 Å². The van der Waals surface area contributed by atoms with Crippen LogP contribution in [0, 0.1) is 5.92 Å². The van der Waals surface area contributed by atoms with Crippen LogP contribution < -0.4 is 26.0 Å². The molecule has 0 bridgehead atoms. The van der Waals surface area contributed by atoms with Crippen molar-refractivity contribution in [1.29, 1.82) is 0 Å². The lowest BCUT2D eigenvalue weighted by molar-refractivity contribution is -0.137. The van der Waals surface area contributed by atoms with Gasteiger partial charge in [0, 0.05) is 35.8 Å². The molecule has 2 saturated carbocycles. The van der Waals surface area contributed by atoms with Crippen molar-refractivity contribution in [2.45, 2.75) is 75.7 Å². The monoisotopic (exact) mass is 589 g/mol. The second-order valence-corrected chi connectivity index (χ2v) is 11.5. The number of ether oxygens (including phenoxy) is 1. The molecule has 1 unspecified atom stereocenters. The van der Waals surface area contributed by atoms with Crippen LogP contribution in [-0.2, 0) is 11.0 Å². The third-order valence-corrected chi connectivity index (χ3v) is 8.22. The van der Waals surface area contributed by atoms with Crippen molar-refractivity contribution in [2.75, 3.05) is 37.9 Å². The zero-order valence-corrected chi connectivity index (χ0v) is 23.9. The van der Waals surface area contributed by atoms with E-state index in [-0.39, 0.29) is 41.6 Å². The van der Waals surface area contributed by atoms with Crippen LogP contribution in [0.2, 0.25) is 0 Å². The first-order valence-electron chi connectivity index (χ1n) is 14.6. The molecule has 228 valence electrons. The van der Waals surface area contributed by atoms with Crippen LogP contribution in [0.5, 0.6) is 5.75 Å². The summed E-state index contributed by atoms with van der Waals surface area (Å²) < 4.78 is 47.3. The number of hydrogen-bond acceptors (Lipinski definition) is 8. The van der Waals surface area contributed by atoms with Crippen LogP contribution in [0.25, 0.3) is 0 Å². The Balaban J connectivity index is 1.32. The van der Waals surface area contributed by atoms with Crippen molar-refractivity contribution in [3.63, 3.8) is 0 Å². The standard InChI is InChI=1S/C29H38F3N7O3/c1-39-13-11-19(12-14-39)34-27(41)18-9-10-23(24(15-18)42-2)37-28-33-16-20(29(30,31)32)25(38-28)35-21-5-3-4-6-22(21)36-26(40)17-7-8-17/h9-10,15-17,19,21-22H,3-8,11-14H2,1-2H3,(H,34,41)(H,36,40)(H2,33,35,37,38)/t21?,22-/m1/s1. The molecule has 4 N–H and O–H groups in total. The summed E-state index contributed by atoms with van der Waals surface area (Å²) in [5, 5.41) is 12.0. The van der Waals surface area contributed by atoms with E-state index in [2.05, 4.69) is 43.2 Å². The third-order valence-electron chi connectivity index (χ3n) is 8.22. The maximum atomic E-state index is 13.9. The molecule has 1 aromatic carbocycles. The molecule has 2 aliphatic carbocycles. The first-order valence-corrected chi connectivity index (χ1v) is 14.6. The van der Waals surface area contributed by atoms with E-state index < -0.39 is 17.8 Å². The average Bonchev–Trinajstić information content (AvgIpc) is 3.81. The molecule has 2 atom stereocenters. The molecule has 10 nitrogen and oxygen atoms in total. The normalized spacial score (nSPS) is 21.8. The Morgan fingerprint density at radius 2 is 1.71 bits per heavy atom. The van der Waals surface area contributed by atoms with Crippen LogP contribution in [0.3, 0.4) is 0 Å². The molecule has 1 aliphatic heterocycles. The summed E-state index contributed by atoms with van der Waals surface area (Å²) in [4.78, 5) is 35.6. The number of alkyl halides is 3. The maximum Gasteiger partial charge on any atom is 0.421 e. The minimum Gasteiger partial charge on any atom is -0.495 e. The summed E-state index contributed by atoms with van der Waals surface area (Å²) in [5.41, 5.74) is -0.186. The lowest BCUT2D eigenvalue weighted by atomic mass is 9.90. The van der Waals surface area contributed by atoms with E-state index >= 15 is 0 Å². The summed E-state index contributed by atoms with van der Waals surface area (Å²) in [6.45, 7) is 1.83. The lowest BCUT2D eigenvalue weighted by Crippen LogP contribution is -2.49. The van der Waals surface area contributed by atoms with Crippen LogP contribution >= 0.6 is 0 Å². The number of likely N-dealkylation sites (tertiary alicyclic amines) is 1. The third kappa shape index (κ3) is 7.42. The van der Waals surface area contributed by atoms with Gasteiger partial charge in [0.1, 0.15) is 17.1 Å². The van der Waals surface area contributed by atoms with Gasteiger partial charge in [0.05, 0.1) is 12.8 Å². The molecule has 3 fully saturated rings. The number of methoxy groups -OCH3 is 1. The number of halogens is 3. The smallest absolute Gasteiger partial charge is 0.421 e. The Morgan fingerprint density at radius 3 is 2.38 bits per heavy atom. The van der Waals surface area contributed by atoms with Crippen LogP contribution in [-0.4, -0.2) is 72.1 Å². The summed E-state index contributed by atoms with van der Waals surface area (Å²) in [6.07, 6.45) is 2.52. The number of nitrogens with one attached hydrogen (secondary N) is 4. The molecule has 0 spiro atoms. The number of piperidine rings is 1. The molecule has 3 aliphatic rings. The SMILES string of the molecule is COc1cc(C(=O)NC2CCN(C)CC2)ccc1Nc1ncc(C(F)(F)F)c(NC2CCCC[C@H]2NC(=O)C2CC2)n1. The number of nitrogens with zero attached hydrogens (tertiary/aromatic N) is 3. The van der Waals surface area contributed by atoms with Crippen molar-refractivity contribution in [1.82, 2.24) is 25.5 Å². The predicted octanol–water partition coefficient (Wildman–Crippen LogP) is 4.32. The maximum absolute atomic E-state index is 13.9. The largest absolute Gasteiger partial charge is 0.495 e. The summed E-state index contributed by atoms with van der Waals surface area (Å²) >= 11 is 0. The van der Waals surface area contributed by atoms with Crippen LogP contribution in [0.4, 0.5) is 30.6 Å². The van der Waals surface area contributed by atoms with Crippen molar-refractivity contribution in [3.05, 3.63) is 35.5 Å². The Bertz CT molecular complexity index is 1280. The van der Waals surface area contributed by atoms with Gasteiger partial charge in [0.25, 0.3) is 5.91 Å². The number of rotatable bonds is 9. The molecule has 1 saturated heterocycles. The molecule has 42 heavy (non-hydrogen) atoms. The van der Waals surface area contributed by atoms with Gasteiger partial charge in [-0.05, 0) is 76.9 Å².